The number of aromatic nitrogens is 21. The first-order valence-electron chi connectivity index (χ1n) is 19.1. The average Bonchev–Trinajstić information content (AvgIpc) is 3.31. The van der Waals surface area contributed by atoms with Gasteiger partial charge in [-0.15, -0.1) is 10.2 Å². The van der Waals surface area contributed by atoms with Gasteiger partial charge in [0.25, 0.3) is 0 Å². The normalized spacial score (nSPS) is 8.78. The van der Waals surface area contributed by atoms with Crippen LogP contribution < -0.4 is 0 Å². The maximum absolute atomic E-state index is 3.97. The summed E-state index contributed by atoms with van der Waals surface area (Å²) in [5, 5.41) is 28.8. The van der Waals surface area contributed by atoms with Crippen LogP contribution in [0.15, 0.2) is 143 Å². The van der Waals surface area contributed by atoms with Crippen molar-refractivity contribution >= 4 is 0 Å². The number of hydrogen-bond acceptors (Lipinski definition) is 21. The van der Waals surface area contributed by atoms with Crippen LogP contribution in [0.1, 0.15) is 56.9 Å². The van der Waals surface area contributed by atoms with E-state index in [0.29, 0.717) is 5.82 Å². The summed E-state index contributed by atoms with van der Waals surface area (Å²) in [5.41, 5.74) is 7.18. The maximum Gasteiger partial charge on any atom is 0.147 e. The van der Waals surface area contributed by atoms with Gasteiger partial charge in [-0.2, -0.15) is 30.6 Å². The van der Waals surface area contributed by atoms with Crippen LogP contribution in [0.2, 0.25) is 0 Å². The van der Waals surface area contributed by atoms with Crippen LogP contribution in [0.4, 0.5) is 0 Å². The van der Waals surface area contributed by atoms with Gasteiger partial charge in [-0.05, 0) is 110 Å². The highest BCUT2D eigenvalue weighted by molar-refractivity contribution is 5.01. The van der Waals surface area contributed by atoms with E-state index in [1.54, 1.807) is 81.3 Å². The molecule has 0 N–H and O–H groups in total. The van der Waals surface area contributed by atoms with Gasteiger partial charge < -0.3 is 0 Å². The van der Waals surface area contributed by atoms with E-state index in [0.717, 1.165) is 51.1 Å². The van der Waals surface area contributed by atoms with Crippen LogP contribution >= 0.6 is 0 Å². The molecule has 0 unspecified atom stereocenters. The molecule has 0 amide bonds. The molecule has 0 atom stereocenters. The second kappa shape index (κ2) is 36.4. The molecule has 0 saturated heterocycles. The van der Waals surface area contributed by atoms with Gasteiger partial charge in [-0.1, -0.05) is 0 Å². The third-order valence-electron chi connectivity index (χ3n) is 6.30. The number of hydrogen-bond donors (Lipinski definition) is 0. The van der Waals surface area contributed by atoms with Crippen molar-refractivity contribution in [3.8, 4) is 0 Å². The summed E-state index contributed by atoms with van der Waals surface area (Å²) in [6, 6.07) is 7.54. The Morgan fingerprint density at radius 3 is 1.19 bits per heavy atom. The molecule has 0 spiro atoms. The van der Waals surface area contributed by atoms with Crippen LogP contribution in [0, 0.1) is 69.2 Å². The zero-order chi connectivity index (χ0) is 46.9. The lowest BCUT2D eigenvalue weighted by Gasteiger charge is -1.88. The van der Waals surface area contributed by atoms with E-state index in [1.165, 1.54) is 31.6 Å². The zero-order valence-corrected chi connectivity index (χ0v) is 37.7. The molecule has 0 bridgehead atoms. The fourth-order valence-electron chi connectivity index (χ4n) is 3.20. The Morgan fingerprint density at radius 2 is 0.891 bits per heavy atom. The van der Waals surface area contributed by atoms with E-state index in [2.05, 4.69) is 106 Å². The van der Waals surface area contributed by atoms with Gasteiger partial charge in [0.1, 0.15) is 49.1 Å². The Morgan fingerprint density at radius 1 is 0.266 bits per heavy atom. The molecule has 21 nitrogen and oxygen atoms in total. The van der Waals surface area contributed by atoms with Gasteiger partial charge in [0, 0.05) is 73.9 Å². The molecule has 0 aliphatic rings. The lowest BCUT2D eigenvalue weighted by atomic mass is 10.4. The third-order valence-corrected chi connectivity index (χ3v) is 6.30. The highest BCUT2D eigenvalue weighted by atomic mass is 15.1. The van der Waals surface area contributed by atoms with Crippen LogP contribution in [0.5, 0.6) is 0 Å². The number of aryl methyl sites for hydroxylation is 10. The first-order valence-corrected chi connectivity index (χ1v) is 19.1. The number of rotatable bonds is 0. The summed E-state index contributed by atoms with van der Waals surface area (Å²) >= 11 is 0. The predicted molar refractivity (Wildman–Crippen MR) is 239 cm³/mol. The van der Waals surface area contributed by atoms with E-state index in [4.69, 9.17) is 0 Å². The van der Waals surface area contributed by atoms with Crippen molar-refractivity contribution in [2.75, 3.05) is 0 Å². The molecule has 9 aromatic heterocycles. The van der Waals surface area contributed by atoms with E-state index >= 15 is 0 Å². The van der Waals surface area contributed by atoms with E-state index in [-0.39, 0.29) is 0 Å². The minimum atomic E-state index is 0.711. The van der Waals surface area contributed by atoms with Gasteiger partial charge in [0.2, 0.25) is 0 Å². The van der Waals surface area contributed by atoms with Gasteiger partial charge in [-0.25, -0.2) is 54.8 Å². The molecule has 0 fully saturated rings. The summed E-state index contributed by atoms with van der Waals surface area (Å²) in [6.45, 7) is 19.0. The fourth-order valence-corrected chi connectivity index (χ4v) is 3.20. The van der Waals surface area contributed by atoms with Crippen molar-refractivity contribution in [3.05, 3.63) is 200 Å². The Labute approximate surface area is 373 Å². The molecule has 9 heterocycles. The van der Waals surface area contributed by atoms with Crippen LogP contribution in [0.3, 0.4) is 0 Å². The van der Waals surface area contributed by atoms with E-state index < -0.39 is 0 Å². The van der Waals surface area contributed by atoms with Gasteiger partial charge in [0.05, 0.1) is 35.7 Å². The highest BCUT2D eigenvalue weighted by Crippen LogP contribution is 1.90. The second-order valence-electron chi connectivity index (χ2n) is 12.3. The monoisotopic (exact) mass is 863 g/mol. The fraction of sp³-hybridized carbons (Fsp3) is 0.233. The molecule has 0 saturated carbocycles. The molecule has 330 valence electrons. The van der Waals surface area contributed by atoms with Crippen molar-refractivity contribution in [1.29, 1.82) is 0 Å². The van der Waals surface area contributed by atoms with Crippen molar-refractivity contribution in [2.45, 2.75) is 69.2 Å². The minimum Gasteiger partial charge on any atom is -0.261 e. The molecule has 0 radical (unpaired) electrons. The Bertz CT molecular complexity index is 1880. The quantitative estimate of drug-likeness (QED) is 0.180. The summed E-state index contributed by atoms with van der Waals surface area (Å²) in [7, 11) is 0. The van der Waals surface area contributed by atoms with Gasteiger partial charge in [-0.3, -0.25) is 9.97 Å². The topological polar surface area (TPSA) is 271 Å². The SMILES string of the molecule is Cc1cccnn1.Cc1ccncn1.Cc1ccnnc1.Cc1cnc(C)nc1.Cc1cnccn1.Cc1cncnc1.Cc1cnncn1.Cc1nccnn1.Cc1ncncn1. The highest BCUT2D eigenvalue weighted by Gasteiger charge is 1.83. The largest absolute Gasteiger partial charge is 0.261 e. The average molecular weight is 864 g/mol. The summed E-state index contributed by atoms with van der Waals surface area (Å²) in [4.78, 5) is 49.6. The first kappa shape index (κ1) is 53.5. The molecule has 9 rings (SSSR count). The van der Waals surface area contributed by atoms with Gasteiger partial charge >= 0.3 is 0 Å². The second-order valence-corrected chi connectivity index (χ2v) is 12.3. The Hall–Kier alpha value is -8.49. The maximum atomic E-state index is 3.97. The van der Waals surface area contributed by atoms with E-state index in [9.17, 15) is 0 Å². The molecule has 64 heavy (non-hydrogen) atoms. The van der Waals surface area contributed by atoms with Crippen LogP contribution in [-0.4, -0.2) is 106 Å². The standard InChI is InChI=1S/C6H8N2.5C5H6N2.3C4H5N3/c1-5-3-7-6(2)8-4-5;1-5-2-6-4-7-3-5;1-5-4-6-2-3-7-5;1-5-2-3-6-4-7-5;1-5-2-3-6-7-4-5;1-5-3-2-4-6-7-5;1-4-6-2-5-3-7-4;1-4-2-6-7-3-5-4;1-4-5-2-3-6-7-4/h3-4H,1-2H3;5*2-4H,1H3;3*2-3H,1H3. The van der Waals surface area contributed by atoms with Crippen molar-refractivity contribution in [3.63, 3.8) is 0 Å². The molecule has 0 aromatic carbocycles. The Kier molecular flexibility index (Phi) is 30.4. The zero-order valence-electron chi connectivity index (χ0n) is 37.7. The first-order chi connectivity index (χ1) is 30.9. The summed E-state index contributed by atoms with van der Waals surface area (Å²) < 4.78 is 0. The molecule has 21 heteroatoms. The molecule has 0 aliphatic carbocycles. The smallest absolute Gasteiger partial charge is 0.147 e. The molecular weight excluding hydrogens is 811 g/mol. The minimum absolute atomic E-state index is 0.711. The molecule has 9 aromatic rings. The van der Waals surface area contributed by atoms with Crippen molar-refractivity contribution in [1.82, 2.24) is 106 Å². The van der Waals surface area contributed by atoms with E-state index in [1.807, 2.05) is 99.0 Å². The summed E-state index contributed by atoms with van der Waals surface area (Å²) in [6.07, 6.45) is 31.2. The Balaban J connectivity index is 0.000000360. The summed E-state index contributed by atoms with van der Waals surface area (Å²) in [5.74, 6) is 2.30. The van der Waals surface area contributed by atoms with Crippen LogP contribution in [-0.2, 0) is 0 Å². The molecule has 0 aliphatic heterocycles. The van der Waals surface area contributed by atoms with Crippen molar-refractivity contribution < 1.29 is 0 Å². The lowest BCUT2D eigenvalue weighted by Crippen LogP contribution is -1.85. The molecular formula is C43H53N21. The van der Waals surface area contributed by atoms with Crippen molar-refractivity contribution in [2.24, 2.45) is 0 Å². The lowest BCUT2D eigenvalue weighted by molar-refractivity contribution is 0.907. The van der Waals surface area contributed by atoms with Crippen LogP contribution in [0.25, 0.3) is 0 Å². The van der Waals surface area contributed by atoms with Gasteiger partial charge in [0.15, 0.2) is 0 Å². The third kappa shape index (κ3) is 34.4. The predicted octanol–water partition coefficient (Wildman–Crippen LogP) is 5.56. The number of nitrogens with zero attached hydrogens (tertiary/aromatic N) is 21.